The zero-order valence-electron chi connectivity index (χ0n) is 13.5. The summed E-state index contributed by atoms with van der Waals surface area (Å²) >= 11 is 5.93. The number of hydrogen-bond donors (Lipinski definition) is 0. The SMILES string of the molecule is CCCC1CCC(C2COC(c3ccc(Cl)cc3)OC2)CC1. The molecule has 1 heterocycles. The maximum Gasteiger partial charge on any atom is 0.183 e. The summed E-state index contributed by atoms with van der Waals surface area (Å²) in [5, 5.41) is 0.751. The molecule has 0 unspecified atom stereocenters. The third kappa shape index (κ3) is 4.04. The van der Waals surface area contributed by atoms with Gasteiger partial charge in [-0.15, -0.1) is 0 Å². The van der Waals surface area contributed by atoms with Crippen LogP contribution in [0.3, 0.4) is 0 Å². The molecule has 3 rings (SSSR count). The van der Waals surface area contributed by atoms with E-state index < -0.39 is 0 Å². The molecule has 1 aliphatic carbocycles. The van der Waals surface area contributed by atoms with Crippen molar-refractivity contribution in [3.05, 3.63) is 34.9 Å². The van der Waals surface area contributed by atoms with E-state index in [1.807, 2.05) is 24.3 Å². The van der Waals surface area contributed by atoms with Crippen molar-refractivity contribution in [1.82, 2.24) is 0 Å². The van der Waals surface area contributed by atoms with Crippen LogP contribution in [0.5, 0.6) is 0 Å². The van der Waals surface area contributed by atoms with Crippen LogP contribution in [0.2, 0.25) is 5.02 Å². The van der Waals surface area contributed by atoms with E-state index >= 15 is 0 Å². The molecule has 2 fully saturated rings. The Hall–Kier alpha value is -0.570. The lowest BCUT2D eigenvalue weighted by molar-refractivity contribution is -0.214. The summed E-state index contributed by atoms with van der Waals surface area (Å²) in [6, 6.07) is 7.77. The molecule has 3 heteroatoms. The van der Waals surface area contributed by atoms with Gasteiger partial charge in [0.1, 0.15) is 0 Å². The summed E-state index contributed by atoms with van der Waals surface area (Å²) < 4.78 is 12.0. The zero-order valence-corrected chi connectivity index (χ0v) is 14.2. The van der Waals surface area contributed by atoms with Crippen LogP contribution in [0.4, 0.5) is 0 Å². The van der Waals surface area contributed by atoms with E-state index in [2.05, 4.69) is 6.92 Å². The molecular formula is C19H27ClO2. The fourth-order valence-electron chi connectivity index (χ4n) is 3.96. The Balaban J connectivity index is 1.47. The highest BCUT2D eigenvalue weighted by Gasteiger charge is 2.32. The summed E-state index contributed by atoms with van der Waals surface area (Å²) in [6.07, 6.45) is 8.02. The molecule has 0 atom stereocenters. The minimum Gasteiger partial charge on any atom is -0.348 e. The minimum absolute atomic E-state index is 0.218. The molecule has 1 aromatic carbocycles. The highest BCUT2D eigenvalue weighted by atomic mass is 35.5. The molecule has 2 aliphatic rings. The van der Waals surface area contributed by atoms with Gasteiger partial charge in [0.05, 0.1) is 13.2 Å². The van der Waals surface area contributed by atoms with Gasteiger partial charge in [0.25, 0.3) is 0 Å². The van der Waals surface area contributed by atoms with Crippen LogP contribution in [0.15, 0.2) is 24.3 Å². The number of hydrogen-bond acceptors (Lipinski definition) is 2. The Morgan fingerprint density at radius 1 is 0.955 bits per heavy atom. The van der Waals surface area contributed by atoms with Crippen molar-refractivity contribution in [3.63, 3.8) is 0 Å². The first kappa shape index (κ1) is 16.3. The molecule has 0 radical (unpaired) electrons. The van der Waals surface area contributed by atoms with Gasteiger partial charge in [-0.1, -0.05) is 56.3 Å². The van der Waals surface area contributed by atoms with Crippen LogP contribution in [-0.4, -0.2) is 13.2 Å². The van der Waals surface area contributed by atoms with Gasteiger partial charge < -0.3 is 9.47 Å². The first-order valence-corrected chi connectivity index (χ1v) is 9.12. The highest BCUT2D eigenvalue weighted by Crippen LogP contribution is 2.38. The standard InChI is InChI=1S/C19H27ClO2/c1-2-3-14-4-6-15(7-5-14)17-12-21-19(22-13-17)16-8-10-18(20)11-9-16/h8-11,14-15,17,19H,2-7,12-13H2,1H3. The zero-order chi connectivity index (χ0) is 15.4. The topological polar surface area (TPSA) is 18.5 Å². The quantitative estimate of drug-likeness (QED) is 0.717. The Kier molecular flexibility index (Phi) is 5.78. The van der Waals surface area contributed by atoms with Crippen LogP contribution in [0, 0.1) is 17.8 Å². The molecule has 1 saturated carbocycles. The minimum atomic E-state index is -0.218. The maximum absolute atomic E-state index is 5.98. The van der Waals surface area contributed by atoms with Gasteiger partial charge in [0.2, 0.25) is 0 Å². The molecule has 0 spiro atoms. The molecule has 1 aliphatic heterocycles. The summed E-state index contributed by atoms with van der Waals surface area (Å²) in [7, 11) is 0. The van der Waals surface area contributed by atoms with Gasteiger partial charge in [-0.05, 0) is 36.8 Å². The van der Waals surface area contributed by atoms with Crippen molar-refractivity contribution in [2.24, 2.45) is 17.8 Å². The fraction of sp³-hybridized carbons (Fsp3) is 0.684. The second kappa shape index (κ2) is 7.81. The highest BCUT2D eigenvalue weighted by molar-refractivity contribution is 6.30. The largest absolute Gasteiger partial charge is 0.348 e. The Morgan fingerprint density at radius 3 is 2.18 bits per heavy atom. The summed E-state index contributed by atoms with van der Waals surface area (Å²) in [5.74, 6) is 2.33. The lowest BCUT2D eigenvalue weighted by atomic mass is 9.75. The van der Waals surface area contributed by atoms with Crippen LogP contribution in [0.1, 0.15) is 57.3 Å². The smallest absolute Gasteiger partial charge is 0.183 e. The lowest BCUT2D eigenvalue weighted by Gasteiger charge is -2.37. The number of benzene rings is 1. The summed E-state index contributed by atoms with van der Waals surface area (Å²) in [5.41, 5.74) is 1.06. The molecule has 0 amide bonds. The van der Waals surface area contributed by atoms with Crippen LogP contribution >= 0.6 is 11.6 Å². The maximum atomic E-state index is 5.98. The van der Waals surface area contributed by atoms with Crippen molar-refractivity contribution >= 4 is 11.6 Å². The molecule has 1 aromatic rings. The molecule has 0 bridgehead atoms. The third-order valence-electron chi connectivity index (χ3n) is 5.32. The van der Waals surface area contributed by atoms with Gasteiger partial charge in [0, 0.05) is 16.5 Å². The first-order chi connectivity index (χ1) is 10.8. The van der Waals surface area contributed by atoms with Crippen LogP contribution in [0.25, 0.3) is 0 Å². The van der Waals surface area contributed by atoms with Crippen molar-refractivity contribution in [2.75, 3.05) is 13.2 Å². The van der Waals surface area contributed by atoms with Crippen molar-refractivity contribution < 1.29 is 9.47 Å². The molecule has 122 valence electrons. The Bertz CT molecular complexity index is 443. The van der Waals surface area contributed by atoms with Gasteiger partial charge >= 0.3 is 0 Å². The second-order valence-corrected chi connectivity index (χ2v) is 7.32. The second-order valence-electron chi connectivity index (χ2n) is 6.88. The van der Waals surface area contributed by atoms with Crippen LogP contribution in [-0.2, 0) is 9.47 Å². The van der Waals surface area contributed by atoms with Crippen LogP contribution < -0.4 is 0 Å². The van der Waals surface area contributed by atoms with E-state index in [1.165, 1.54) is 38.5 Å². The fourth-order valence-corrected chi connectivity index (χ4v) is 4.09. The molecule has 2 nitrogen and oxygen atoms in total. The first-order valence-electron chi connectivity index (χ1n) is 8.75. The van der Waals surface area contributed by atoms with Gasteiger partial charge in [0.15, 0.2) is 6.29 Å². The average molecular weight is 323 g/mol. The molecule has 0 aromatic heterocycles. The van der Waals surface area contributed by atoms with E-state index in [0.717, 1.165) is 35.6 Å². The molecular weight excluding hydrogens is 296 g/mol. The van der Waals surface area contributed by atoms with Crippen molar-refractivity contribution in [3.8, 4) is 0 Å². The van der Waals surface area contributed by atoms with Gasteiger partial charge in [-0.25, -0.2) is 0 Å². The van der Waals surface area contributed by atoms with Crippen molar-refractivity contribution in [1.29, 1.82) is 0 Å². The lowest BCUT2D eigenvalue weighted by Crippen LogP contribution is -2.34. The molecule has 0 N–H and O–H groups in total. The van der Waals surface area contributed by atoms with E-state index in [1.54, 1.807) is 0 Å². The predicted molar refractivity (Wildman–Crippen MR) is 89.9 cm³/mol. The number of halogens is 1. The molecule has 22 heavy (non-hydrogen) atoms. The monoisotopic (exact) mass is 322 g/mol. The third-order valence-corrected chi connectivity index (χ3v) is 5.57. The normalized spacial score (nSPS) is 32.8. The summed E-state index contributed by atoms with van der Waals surface area (Å²) in [4.78, 5) is 0. The van der Waals surface area contributed by atoms with Gasteiger partial charge in [-0.3, -0.25) is 0 Å². The summed E-state index contributed by atoms with van der Waals surface area (Å²) in [6.45, 7) is 3.96. The van der Waals surface area contributed by atoms with E-state index in [4.69, 9.17) is 21.1 Å². The molecule has 1 saturated heterocycles. The van der Waals surface area contributed by atoms with E-state index in [-0.39, 0.29) is 6.29 Å². The van der Waals surface area contributed by atoms with Gasteiger partial charge in [-0.2, -0.15) is 0 Å². The average Bonchev–Trinajstić information content (AvgIpc) is 2.57. The van der Waals surface area contributed by atoms with E-state index in [9.17, 15) is 0 Å². The number of rotatable bonds is 4. The predicted octanol–water partition coefficient (Wildman–Crippen LogP) is 5.61. The Labute approximate surface area is 139 Å². The van der Waals surface area contributed by atoms with Crippen molar-refractivity contribution in [2.45, 2.75) is 51.7 Å². The van der Waals surface area contributed by atoms with E-state index in [0.29, 0.717) is 5.92 Å². The number of ether oxygens (including phenoxy) is 2. The Morgan fingerprint density at radius 2 is 1.59 bits per heavy atom.